The highest BCUT2D eigenvalue weighted by atomic mass is 35.5. The van der Waals surface area contributed by atoms with Crippen molar-refractivity contribution in [1.82, 2.24) is 25.0 Å². The molecule has 11 rings (SSSR count). The number of hydrogen-bond donors (Lipinski definition) is 10. The van der Waals surface area contributed by atoms with Gasteiger partial charge in [-0.3, -0.25) is 14.7 Å². The lowest BCUT2D eigenvalue weighted by molar-refractivity contribution is 0.0696. The summed E-state index contributed by atoms with van der Waals surface area (Å²) in [6, 6.07) is 69.2. The van der Waals surface area contributed by atoms with E-state index in [2.05, 4.69) is 35.9 Å². The van der Waals surface area contributed by atoms with Crippen LogP contribution >= 0.6 is 69.6 Å². The molecular weight excluding hydrogens is 1690 g/mol. The van der Waals surface area contributed by atoms with E-state index in [0.29, 0.717) is 66.9 Å². The molecule has 0 spiro atoms. The number of carbonyl (C=O) groups excluding carboxylic acids is 2. The molecular formula is C92H104Cl6N8O10S3. The number of carbonyl (C=O) groups is 3. The molecule has 11 N–H and O–H groups in total. The van der Waals surface area contributed by atoms with E-state index < -0.39 is 38.9 Å². The number of halogens is 6. The third-order valence-electron chi connectivity index (χ3n) is 17.1. The average molecular weight is 1790 g/mol. The number of aromatic carboxylic acids is 1. The topological polar surface area (TPSA) is 310 Å². The Labute approximate surface area is 736 Å². The molecule has 10 aromatic carbocycles. The Morgan fingerprint density at radius 3 is 1.41 bits per heavy atom. The molecule has 1 heterocycles. The van der Waals surface area contributed by atoms with Crippen molar-refractivity contribution in [3.63, 3.8) is 0 Å². The van der Waals surface area contributed by atoms with Crippen molar-refractivity contribution in [3.8, 4) is 22.3 Å². The van der Waals surface area contributed by atoms with Crippen LogP contribution in [0.5, 0.6) is 0 Å². The number of nitrogens with two attached hydrogens (primary N) is 1. The van der Waals surface area contributed by atoms with Crippen LogP contribution in [0.15, 0.2) is 254 Å². The molecule has 0 aliphatic carbocycles. The van der Waals surface area contributed by atoms with Crippen LogP contribution in [0.2, 0.25) is 30.1 Å². The van der Waals surface area contributed by atoms with E-state index in [-0.39, 0.29) is 69.7 Å². The maximum Gasteiger partial charge on any atom is 0.335 e. The number of rotatable bonds is 25. The summed E-state index contributed by atoms with van der Waals surface area (Å²) in [6.07, 6.45) is 9.45. The van der Waals surface area contributed by atoms with Crippen LogP contribution in [0.4, 0.5) is 0 Å². The van der Waals surface area contributed by atoms with Crippen LogP contribution in [0.3, 0.4) is 0 Å². The van der Waals surface area contributed by atoms with Gasteiger partial charge in [0.1, 0.15) is 17.3 Å². The van der Waals surface area contributed by atoms with Crippen LogP contribution in [0.25, 0.3) is 33.2 Å². The number of hydrogen-bond acceptors (Lipinski definition) is 12. The highest BCUT2D eigenvalue weighted by Crippen LogP contribution is 2.30. The number of aromatic nitrogens is 2. The molecule has 1 amide bonds. The van der Waals surface area contributed by atoms with Gasteiger partial charge in [-0.15, -0.1) is 6.58 Å². The first-order chi connectivity index (χ1) is 56.4. The standard InChI is InChI=1S/C23H20ClN3O2.C15H13NO2.C14H20ClNOS.C13H20ClNO2S.C11H14ClNOS.C9H12ClNO.C7H5ClO/c24-20-6-2-4-17(13-20)21(9-10-28)26-23(29)18-5-1-3-15(11-18)16-7-8-22-19(12-16)14-25-27-22;1-10-5-6-12(8-14(10)9-16)11-3-2-4-13(7-11)15(17)18;1-5-7-13(16-18(17)14(2,3)4)11-8-6-9-12(15)10-11;1-13(2,3)18(17)15-12(7-8-16)10-5-4-6-11(14)9-10;1-11(2,3)15(14)13-8-9-5-4-6-10(12)7-9;10-8-3-1-2-7(6-8)9(11)4-5-12;8-7-3-1-2-6(4-7)5-9/h1-8,11-14,21,28H,9-10H2,(H,25,27)(H,26,29);2-9,16H,1H3,(H,17,18);5-6,8-10,13,16H,1,7H2,2-4H3;4-6,9,12,15-16H,7-8H2,1-3H3;4-8H,1-3H3;1-3,6,9,12H,4-5,11H2;1-5H. The van der Waals surface area contributed by atoms with Crippen molar-refractivity contribution in [2.75, 3.05) is 19.8 Å². The number of amides is 1. The van der Waals surface area contributed by atoms with Crippen LogP contribution in [0.1, 0.15) is 182 Å². The summed E-state index contributed by atoms with van der Waals surface area (Å²) < 4.78 is 45.1. The lowest BCUT2D eigenvalue weighted by Gasteiger charge is -2.24. The van der Waals surface area contributed by atoms with E-state index in [4.69, 9.17) is 96.1 Å². The zero-order valence-electron chi connectivity index (χ0n) is 68.0. The van der Waals surface area contributed by atoms with Gasteiger partial charge in [0.25, 0.3) is 5.91 Å². The summed E-state index contributed by atoms with van der Waals surface area (Å²) in [4.78, 5) is 33.9. The van der Waals surface area contributed by atoms with Gasteiger partial charge >= 0.3 is 5.97 Å². The van der Waals surface area contributed by atoms with Crippen molar-refractivity contribution in [2.24, 2.45) is 10.1 Å². The number of nitrogens with zero attached hydrogens (tertiary/aromatic N) is 2. The Morgan fingerprint density at radius 2 is 0.941 bits per heavy atom. The predicted molar refractivity (Wildman–Crippen MR) is 497 cm³/mol. The predicted octanol–water partition coefficient (Wildman–Crippen LogP) is 22.0. The Morgan fingerprint density at radius 1 is 0.521 bits per heavy atom. The lowest BCUT2D eigenvalue weighted by Crippen LogP contribution is -2.36. The number of fused-ring (bicyclic) bond motifs is 1. The van der Waals surface area contributed by atoms with Crippen molar-refractivity contribution in [1.29, 1.82) is 5.41 Å². The van der Waals surface area contributed by atoms with Gasteiger partial charge in [0.2, 0.25) is 0 Å². The normalized spacial score (nSPS) is 12.9. The maximum absolute atomic E-state index is 12.9. The highest BCUT2D eigenvalue weighted by molar-refractivity contribution is 7.85. The number of aliphatic hydroxyl groups is 3. The number of nitrogens with one attached hydrogen (secondary N) is 5. The van der Waals surface area contributed by atoms with Crippen LogP contribution < -0.4 is 20.5 Å². The molecule has 0 bridgehead atoms. The molecule has 119 heavy (non-hydrogen) atoms. The van der Waals surface area contributed by atoms with Crippen molar-refractivity contribution in [3.05, 3.63) is 335 Å². The Bertz CT molecular complexity index is 5210. The molecule has 0 saturated carbocycles. The van der Waals surface area contributed by atoms with Gasteiger partial charge in [0, 0.05) is 97.0 Å². The van der Waals surface area contributed by atoms with E-state index in [0.717, 1.165) is 78.4 Å². The number of aryl methyl sites for hydroxylation is 1. The molecule has 7 atom stereocenters. The molecule has 27 heteroatoms. The number of benzene rings is 10. The third kappa shape index (κ3) is 36.3. The molecule has 0 aliphatic rings. The smallest absolute Gasteiger partial charge is 0.335 e. The number of aromatic amines is 1. The van der Waals surface area contributed by atoms with E-state index in [1.807, 2.05) is 221 Å². The van der Waals surface area contributed by atoms with Crippen molar-refractivity contribution < 1.29 is 47.4 Å². The number of aldehydes is 1. The first-order valence-corrected chi connectivity index (χ1v) is 43.4. The number of carboxylic acid groups (broad SMARTS) is 1. The molecule has 0 saturated heterocycles. The SMILES string of the molecule is C=CCC(NS(=O)C(C)(C)C)c1cccc(Cl)c1.CC(C)(C)S(=O)N=Cc1cccc(Cl)c1.CC(C)(C)S(=O)NC(CCO)c1cccc(Cl)c1.Cc1ccc(-c2cccc(C(=O)O)c2)cc1C=N.NC(CCO)c1cccc(Cl)c1.O=C(NC(CCO)c1cccc(Cl)c1)c1cccc(-c2ccc3[nH]ncc3c2)c1.O=Cc1cccc(Cl)c1. The molecule has 18 nitrogen and oxygen atoms in total. The van der Waals surface area contributed by atoms with Crippen molar-refractivity contribution in [2.45, 2.75) is 133 Å². The van der Waals surface area contributed by atoms with E-state index >= 15 is 0 Å². The van der Waals surface area contributed by atoms with Gasteiger partial charge in [-0.1, -0.05) is 191 Å². The summed E-state index contributed by atoms with van der Waals surface area (Å²) in [6.45, 7) is 23.0. The Kier molecular flexibility index (Phi) is 43.4. The summed E-state index contributed by atoms with van der Waals surface area (Å²) in [5.74, 6) is -1.13. The van der Waals surface area contributed by atoms with Gasteiger partial charge in [0.05, 0.1) is 59.5 Å². The summed E-state index contributed by atoms with van der Waals surface area (Å²) in [7, 11) is -3.52. The van der Waals surface area contributed by atoms with Crippen LogP contribution in [-0.4, -0.2) is 108 Å². The average Bonchev–Trinajstić information content (AvgIpc) is 1.81. The first kappa shape index (κ1) is 101. The molecule has 0 aliphatic heterocycles. The van der Waals surface area contributed by atoms with Crippen molar-refractivity contribution >= 4 is 144 Å². The first-order valence-electron chi connectivity index (χ1n) is 37.7. The second-order valence-corrected chi connectivity index (χ2v) is 38.2. The Hall–Kier alpha value is -8.69. The van der Waals surface area contributed by atoms with Gasteiger partial charge in [-0.05, 0) is 271 Å². The molecule has 0 radical (unpaired) electrons. The van der Waals surface area contributed by atoms with E-state index in [9.17, 15) is 32.1 Å². The minimum absolute atomic E-state index is 0.0266. The molecule has 632 valence electrons. The minimum Gasteiger partial charge on any atom is -0.478 e. The minimum atomic E-state index is -1.22. The molecule has 11 aromatic rings. The van der Waals surface area contributed by atoms with Gasteiger partial charge in [-0.2, -0.15) is 9.50 Å². The largest absolute Gasteiger partial charge is 0.478 e. The fourth-order valence-corrected chi connectivity index (χ4v) is 14.0. The monoisotopic (exact) mass is 1790 g/mol. The van der Waals surface area contributed by atoms with E-state index in [1.165, 1.54) is 6.21 Å². The number of H-pyrrole nitrogens is 1. The second kappa shape index (κ2) is 51.2. The third-order valence-corrected chi connectivity index (χ3v) is 23.0. The fourth-order valence-electron chi connectivity index (χ4n) is 10.6. The zero-order chi connectivity index (χ0) is 88.0. The fraction of sp³-hybridized carbons (Fsp3) is 0.261. The molecule has 7 unspecified atom stereocenters. The maximum atomic E-state index is 12.9. The quantitative estimate of drug-likeness (QED) is 0.0145. The molecule has 0 fully saturated rings. The number of carboxylic acids is 1. The van der Waals surface area contributed by atoms with Gasteiger partial charge in [0.15, 0.2) is 0 Å². The van der Waals surface area contributed by atoms with E-state index in [1.54, 1.807) is 97.3 Å². The van der Waals surface area contributed by atoms with Crippen LogP contribution in [-0.2, 0) is 33.0 Å². The summed E-state index contributed by atoms with van der Waals surface area (Å²) in [5, 5.41) is 58.3. The highest BCUT2D eigenvalue weighted by Gasteiger charge is 2.26. The van der Waals surface area contributed by atoms with Gasteiger partial charge in [-0.25, -0.2) is 26.9 Å². The second-order valence-electron chi connectivity index (χ2n) is 29.7. The van der Waals surface area contributed by atoms with Gasteiger partial charge < -0.3 is 36.9 Å². The lowest BCUT2D eigenvalue weighted by atomic mass is 9.99. The number of aliphatic hydroxyl groups excluding tert-OH is 3. The summed E-state index contributed by atoms with van der Waals surface area (Å²) in [5.41, 5.74) is 18.4. The van der Waals surface area contributed by atoms with Crippen LogP contribution in [0, 0.1) is 12.3 Å². The molecule has 1 aromatic heterocycles. The summed E-state index contributed by atoms with van der Waals surface area (Å²) >= 11 is 35.2. The zero-order valence-corrected chi connectivity index (χ0v) is 75.0. The Balaban J connectivity index is 0.000000254.